The van der Waals surface area contributed by atoms with Gasteiger partial charge in [0.2, 0.25) is 0 Å². The van der Waals surface area contributed by atoms with Gasteiger partial charge in [0.1, 0.15) is 5.56 Å². The zero-order valence-corrected chi connectivity index (χ0v) is 12.6. The maximum absolute atomic E-state index is 12.4. The molecule has 0 heterocycles. The molecule has 5 heteroatoms. The van der Waals surface area contributed by atoms with Crippen LogP contribution in [-0.2, 0) is 0 Å². The van der Waals surface area contributed by atoms with Crippen LogP contribution in [0.1, 0.15) is 42.1 Å². The predicted octanol–water partition coefficient (Wildman–Crippen LogP) is 4.36. The summed E-state index contributed by atoms with van der Waals surface area (Å²) in [5.41, 5.74) is 1.59. The summed E-state index contributed by atoms with van der Waals surface area (Å²) in [4.78, 5) is 22.9. The minimum atomic E-state index is -0.546. The van der Waals surface area contributed by atoms with Crippen molar-refractivity contribution in [3.8, 4) is 0 Å². The molecule has 5 nitrogen and oxygen atoms in total. The van der Waals surface area contributed by atoms with E-state index in [1.165, 1.54) is 12.1 Å². The quantitative estimate of drug-likeness (QED) is 0.658. The molecule has 114 valence electrons. The monoisotopic (exact) mass is 298 g/mol. The van der Waals surface area contributed by atoms with Gasteiger partial charge in [-0.05, 0) is 30.0 Å². The number of nitrogens with one attached hydrogen (secondary N) is 1. The van der Waals surface area contributed by atoms with Crippen LogP contribution in [0.15, 0.2) is 48.5 Å². The SMILES string of the molecule is CC[C@H](C)c1ccccc1NC(=O)c1ccccc1[N+](=O)[O-]. The lowest BCUT2D eigenvalue weighted by Gasteiger charge is -2.15. The number of hydrogen-bond acceptors (Lipinski definition) is 3. The number of nitro benzene ring substituents is 1. The highest BCUT2D eigenvalue weighted by molar-refractivity contribution is 6.07. The molecule has 0 aliphatic heterocycles. The molecule has 1 N–H and O–H groups in total. The van der Waals surface area contributed by atoms with E-state index in [-0.39, 0.29) is 11.3 Å². The summed E-state index contributed by atoms with van der Waals surface area (Å²) in [5, 5.41) is 13.8. The second kappa shape index (κ2) is 6.85. The van der Waals surface area contributed by atoms with Crippen molar-refractivity contribution in [2.24, 2.45) is 0 Å². The van der Waals surface area contributed by atoms with E-state index < -0.39 is 10.8 Å². The third-order valence-corrected chi connectivity index (χ3v) is 3.70. The van der Waals surface area contributed by atoms with Gasteiger partial charge < -0.3 is 5.32 Å². The minimum Gasteiger partial charge on any atom is -0.322 e. The maximum atomic E-state index is 12.4. The fraction of sp³-hybridized carbons (Fsp3) is 0.235. The van der Waals surface area contributed by atoms with Crippen LogP contribution in [0.3, 0.4) is 0 Å². The van der Waals surface area contributed by atoms with Gasteiger partial charge in [0.25, 0.3) is 11.6 Å². The highest BCUT2D eigenvalue weighted by Crippen LogP contribution is 2.27. The molecule has 0 spiro atoms. The first-order valence-corrected chi connectivity index (χ1v) is 7.18. The maximum Gasteiger partial charge on any atom is 0.282 e. The van der Waals surface area contributed by atoms with Crippen molar-refractivity contribution < 1.29 is 9.72 Å². The van der Waals surface area contributed by atoms with Crippen LogP contribution in [-0.4, -0.2) is 10.8 Å². The first-order valence-electron chi connectivity index (χ1n) is 7.18. The molecular formula is C17H18N2O3. The van der Waals surface area contributed by atoms with E-state index in [1.807, 2.05) is 24.3 Å². The Balaban J connectivity index is 2.33. The van der Waals surface area contributed by atoms with Crippen molar-refractivity contribution in [2.75, 3.05) is 5.32 Å². The molecule has 2 aromatic carbocycles. The molecule has 2 aromatic rings. The van der Waals surface area contributed by atoms with Gasteiger partial charge in [-0.2, -0.15) is 0 Å². The largest absolute Gasteiger partial charge is 0.322 e. The average Bonchev–Trinajstić information content (AvgIpc) is 2.54. The second-order valence-corrected chi connectivity index (χ2v) is 5.12. The molecule has 0 unspecified atom stereocenters. The summed E-state index contributed by atoms with van der Waals surface area (Å²) < 4.78 is 0. The summed E-state index contributed by atoms with van der Waals surface area (Å²) in [6.45, 7) is 4.15. The van der Waals surface area contributed by atoms with E-state index in [2.05, 4.69) is 19.2 Å². The fourth-order valence-electron chi connectivity index (χ4n) is 2.27. The lowest BCUT2D eigenvalue weighted by molar-refractivity contribution is -0.385. The lowest BCUT2D eigenvalue weighted by atomic mass is 9.96. The molecule has 0 bridgehead atoms. The molecule has 2 rings (SSSR count). The van der Waals surface area contributed by atoms with Crippen LogP contribution in [0.5, 0.6) is 0 Å². The summed E-state index contributed by atoms with van der Waals surface area (Å²) in [5.74, 6) is -0.176. The van der Waals surface area contributed by atoms with Crippen molar-refractivity contribution in [1.29, 1.82) is 0 Å². The molecule has 0 saturated heterocycles. The van der Waals surface area contributed by atoms with Crippen LogP contribution < -0.4 is 5.32 Å². The number of para-hydroxylation sites is 2. The van der Waals surface area contributed by atoms with E-state index >= 15 is 0 Å². The number of amides is 1. The Morgan fingerprint density at radius 1 is 1.18 bits per heavy atom. The smallest absolute Gasteiger partial charge is 0.282 e. The van der Waals surface area contributed by atoms with Crippen molar-refractivity contribution >= 4 is 17.3 Å². The van der Waals surface area contributed by atoms with Crippen LogP contribution in [0.2, 0.25) is 0 Å². The minimum absolute atomic E-state index is 0.0615. The van der Waals surface area contributed by atoms with Gasteiger partial charge in [0, 0.05) is 11.8 Å². The van der Waals surface area contributed by atoms with Crippen molar-refractivity contribution in [1.82, 2.24) is 0 Å². The van der Waals surface area contributed by atoms with Gasteiger partial charge in [-0.3, -0.25) is 14.9 Å². The van der Waals surface area contributed by atoms with Gasteiger partial charge >= 0.3 is 0 Å². The van der Waals surface area contributed by atoms with Crippen molar-refractivity contribution in [3.05, 3.63) is 69.8 Å². The van der Waals surface area contributed by atoms with E-state index in [0.29, 0.717) is 11.6 Å². The highest BCUT2D eigenvalue weighted by atomic mass is 16.6. The number of carbonyl (C=O) groups is 1. The van der Waals surface area contributed by atoms with Gasteiger partial charge in [0.15, 0.2) is 0 Å². The molecule has 1 amide bonds. The molecule has 0 aliphatic carbocycles. The Labute approximate surface area is 129 Å². The zero-order valence-electron chi connectivity index (χ0n) is 12.6. The topological polar surface area (TPSA) is 72.2 Å². The number of hydrogen-bond donors (Lipinski definition) is 1. The molecule has 1 atom stereocenters. The van der Waals surface area contributed by atoms with Gasteiger partial charge in [-0.15, -0.1) is 0 Å². The Hall–Kier alpha value is -2.69. The Morgan fingerprint density at radius 3 is 2.50 bits per heavy atom. The summed E-state index contributed by atoms with van der Waals surface area (Å²) in [6, 6.07) is 13.5. The van der Waals surface area contributed by atoms with Crippen LogP contribution >= 0.6 is 0 Å². The third kappa shape index (κ3) is 3.31. The van der Waals surface area contributed by atoms with Gasteiger partial charge in [-0.1, -0.05) is 44.2 Å². The molecule has 22 heavy (non-hydrogen) atoms. The Morgan fingerprint density at radius 2 is 1.82 bits per heavy atom. The molecule has 0 saturated carbocycles. The van der Waals surface area contributed by atoms with E-state index in [9.17, 15) is 14.9 Å². The summed E-state index contributed by atoms with van der Waals surface area (Å²) >= 11 is 0. The van der Waals surface area contributed by atoms with E-state index in [0.717, 1.165) is 12.0 Å². The second-order valence-electron chi connectivity index (χ2n) is 5.12. The first kappa shape index (κ1) is 15.7. The number of rotatable bonds is 5. The Bertz CT molecular complexity index is 698. The average molecular weight is 298 g/mol. The normalized spacial score (nSPS) is 11.7. The third-order valence-electron chi connectivity index (χ3n) is 3.70. The molecule has 0 aliphatic rings. The lowest BCUT2D eigenvalue weighted by Crippen LogP contribution is -2.15. The zero-order chi connectivity index (χ0) is 16.1. The molecule has 0 aromatic heterocycles. The number of nitrogens with zero attached hydrogens (tertiary/aromatic N) is 1. The van der Waals surface area contributed by atoms with Crippen LogP contribution in [0.4, 0.5) is 11.4 Å². The number of carbonyl (C=O) groups excluding carboxylic acids is 1. The standard InChI is InChI=1S/C17H18N2O3/c1-3-12(2)13-8-4-6-10-15(13)18-17(20)14-9-5-7-11-16(14)19(21)22/h4-12H,3H2,1-2H3,(H,18,20)/t12-/m0/s1. The van der Waals surface area contributed by atoms with E-state index in [1.54, 1.807) is 12.1 Å². The Kier molecular flexibility index (Phi) is 4.88. The summed E-state index contributed by atoms with van der Waals surface area (Å²) in [6.07, 6.45) is 0.943. The van der Waals surface area contributed by atoms with Crippen LogP contribution in [0, 0.1) is 10.1 Å². The van der Waals surface area contributed by atoms with Crippen molar-refractivity contribution in [3.63, 3.8) is 0 Å². The van der Waals surface area contributed by atoms with E-state index in [4.69, 9.17) is 0 Å². The summed E-state index contributed by atoms with van der Waals surface area (Å²) in [7, 11) is 0. The molecular weight excluding hydrogens is 280 g/mol. The number of anilines is 1. The highest BCUT2D eigenvalue weighted by Gasteiger charge is 2.20. The number of benzene rings is 2. The van der Waals surface area contributed by atoms with Crippen LogP contribution in [0.25, 0.3) is 0 Å². The van der Waals surface area contributed by atoms with Crippen molar-refractivity contribution in [2.45, 2.75) is 26.2 Å². The first-order chi connectivity index (χ1) is 10.5. The molecule has 0 radical (unpaired) electrons. The molecule has 0 fully saturated rings. The fourth-order valence-corrected chi connectivity index (χ4v) is 2.27. The van der Waals surface area contributed by atoms with Gasteiger partial charge in [-0.25, -0.2) is 0 Å². The predicted molar refractivity (Wildman–Crippen MR) is 86.2 cm³/mol. The number of nitro groups is 1. The van der Waals surface area contributed by atoms with Gasteiger partial charge in [0.05, 0.1) is 4.92 Å².